The molecule has 1 amide bonds. The minimum atomic E-state index is -0.243. The van der Waals surface area contributed by atoms with Gasteiger partial charge in [-0.25, -0.2) is 0 Å². The van der Waals surface area contributed by atoms with Crippen LogP contribution in [0.4, 0.5) is 0 Å². The van der Waals surface area contributed by atoms with Crippen molar-refractivity contribution >= 4 is 17.2 Å². The quantitative estimate of drug-likeness (QED) is 0.872. The summed E-state index contributed by atoms with van der Waals surface area (Å²) in [5, 5.41) is 2.16. The van der Waals surface area contributed by atoms with Gasteiger partial charge >= 0.3 is 0 Å². The second-order valence-corrected chi connectivity index (χ2v) is 6.03. The third kappa shape index (κ3) is 2.06. The summed E-state index contributed by atoms with van der Waals surface area (Å²) in [7, 11) is 0. The number of nitrogens with zero attached hydrogens (tertiary/aromatic N) is 1. The Morgan fingerprint density at radius 3 is 3.00 bits per heavy atom. The van der Waals surface area contributed by atoms with E-state index in [1.165, 1.54) is 10.4 Å². The molecule has 0 bridgehead atoms. The first kappa shape index (κ1) is 12.1. The van der Waals surface area contributed by atoms with Crippen LogP contribution >= 0.6 is 11.3 Å². The first-order chi connectivity index (χ1) is 8.70. The van der Waals surface area contributed by atoms with Gasteiger partial charge in [-0.1, -0.05) is 0 Å². The molecule has 1 aromatic rings. The van der Waals surface area contributed by atoms with Gasteiger partial charge in [-0.05, 0) is 36.3 Å². The number of hydrogen-bond acceptors (Lipinski definition) is 4. The number of primary amides is 1. The minimum Gasteiger partial charge on any atom is -0.369 e. The lowest BCUT2D eigenvalue weighted by molar-refractivity contribution is -0.123. The average molecular weight is 266 g/mol. The SMILES string of the molecule is NC(=O)CN1CCC2(CC1)OCCc1ccsc12. The fraction of sp³-hybridized carbons (Fsp3) is 0.615. The summed E-state index contributed by atoms with van der Waals surface area (Å²) in [6.45, 7) is 2.97. The molecule has 0 aromatic carbocycles. The summed E-state index contributed by atoms with van der Waals surface area (Å²) >= 11 is 1.81. The summed E-state index contributed by atoms with van der Waals surface area (Å²) in [4.78, 5) is 14.5. The monoisotopic (exact) mass is 266 g/mol. The molecule has 0 radical (unpaired) electrons. The van der Waals surface area contributed by atoms with E-state index in [1.807, 2.05) is 11.3 Å². The van der Waals surface area contributed by atoms with Gasteiger partial charge in [-0.2, -0.15) is 0 Å². The Labute approximate surface area is 111 Å². The van der Waals surface area contributed by atoms with E-state index in [9.17, 15) is 4.79 Å². The number of likely N-dealkylation sites (tertiary alicyclic amines) is 1. The Morgan fingerprint density at radius 2 is 2.28 bits per heavy atom. The van der Waals surface area contributed by atoms with Crippen molar-refractivity contribution in [1.29, 1.82) is 0 Å². The number of ether oxygens (including phenoxy) is 1. The third-order valence-electron chi connectivity index (χ3n) is 3.95. The molecule has 4 nitrogen and oxygen atoms in total. The molecule has 1 aromatic heterocycles. The molecule has 2 N–H and O–H groups in total. The Hall–Kier alpha value is -0.910. The van der Waals surface area contributed by atoms with E-state index >= 15 is 0 Å². The topological polar surface area (TPSA) is 55.6 Å². The Balaban J connectivity index is 1.74. The van der Waals surface area contributed by atoms with Gasteiger partial charge in [0.25, 0.3) is 0 Å². The molecule has 1 saturated heterocycles. The van der Waals surface area contributed by atoms with Crippen molar-refractivity contribution in [3.63, 3.8) is 0 Å². The lowest BCUT2D eigenvalue weighted by atomic mass is 9.85. The van der Waals surface area contributed by atoms with Crippen LogP contribution in [0.25, 0.3) is 0 Å². The standard InChI is InChI=1S/C13H18N2O2S/c14-11(16)9-15-5-3-13(4-6-15)12-10(1-7-17-13)2-8-18-12/h2,8H,1,3-7,9H2,(H2,14,16). The first-order valence-electron chi connectivity index (χ1n) is 6.41. The van der Waals surface area contributed by atoms with Gasteiger partial charge in [0.05, 0.1) is 13.2 Å². The largest absolute Gasteiger partial charge is 0.369 e. The van der Waals surface area contributed by atoms with Crippen molar-refractivity contribution in [2.45, 2.75) is 24.9 Å². The van der Waals surface area contributed by atoms with Gasteiger partial charge in [0.1, 0.15) is 5.60 Å². The maximum absolute atomic E-state index is 10.9. The second-order valence-electron chi connectivity index (χ2n) is 5.11. The van der Waals surface area contributed by atoms with Gasteiger partial charge in [0.15, 0.2) is 0 Å². The zero-order chi connectivity index (χ0) is 12.6. The number of rotatable bonds is 2. The normalized spacial score (nSPS) is 22.9. The predicted molar refractivity (Wildman–Crippen MR) is 70.5 cm³/mol. The van der Waals surface area contributed by atoms with Crippen molar-refractivity contribution in [2.24, 2.45) is 5.73 Å². The zero-order valence-electron chi connectivity index (χ0n) is 10.4. The van der Waals surface area contributed by atoms with Gasteiger partial charge in [0, 0.05) is 18.0 Å². The highest BCUT2D eigenvalue weighted by molar-refractivity contribution is 7.10. The maximum atomic E-state index is 10.9. The molecule has 0 atom stereocenters. The van der Waals surface area contributed by atoms with Gasteiger partial charge < -0.3 is 10.5 Å². The molecule has 5 heteroatoms. The molecule has 0 saturated carbocycles. The van der Waals surface area contributed by atoms with Crippen LogP contribution in [0.5, 0.6) is 0 Å². The van der Waals surface area contributed by atoms with Crippen molar-refractivity contribution in [3.05, 3.63) is 21.9 Å². The fourth-order valence-corrected chi connectivity index (χ4v) is 4.19. The fourth-order valence-electron chi connectivity index (χ4n) is 3.02. The number of fused-ring (bicyclic) bond motifs is 2. The summed E-state index contributed by atoms with van der Waals surface area (Å²) in [5.74, 6) is -0.243. The number of hydrogen-bond donors (Lipinski definition) is 1. The molecule has 98 valence electrons. The molecule has 0 aliphatic carbocycles. The zero-order valence-corrected chi connectivity index (χ0v) is 11.2. The number of piperidine rings is 1. The first-order valence-corrected chi connectivity index (χ1v) is 7.29. The molecule has 1 spiro atoms. The smallest absolute Gasteiger partial charge is 0.231 e. The highest BCUT2D eigenvalue weighted by Crippen LogP contribution is 2.43. The van der Waals surface area contributed by atoms with Crippen LogP contribution in [-0.4, -0.2) is 37.0 Å². The highest BCUT2D eigenvalue weighted by Gasteiger charge is 2.41. The van der Waals surface area contributed by atoms with Crippen LogP contribution in [0, 0.1) is 0 Å². The molecule has 2 aliphatic heterocycles. The van der Waals surface area contributed by atoms with Crippen LogP contribution in [0.3, 0.4) is 0 Å². The van der Waals surface area contributed by atoms with E-state index in [0.29, 0.717) is 6.54 Å². The lowest BCUT2D eigenvalue weighted by Crippen LogP contribution is -2.48. The van der Waals surface area contributed by atoms with Gasteiger partial charge in [0.2, 0.25) is 5.91 Å². The molecule has 1 fully saturated rings. The molecular formula is C13H18N2O2S. The van der Waals surface area contributed by atoms with E-state index in [-0.39, 0.29) is 11.5 Å². The Kier molecular flexibility index (Phi) is 3.13. The number of carbonyl (C=O) groups is 1. The van der Waals surface area contributed by atoms with Crippen LogP contribution in [-0.2, 0) is 21.6 Å². The molecule has 18 heavy (non-hydrogen) atoms. The molecule has 3 rings (SSSR count). The summed E-state index contributed by atoms with van der Waals surface area (Å²) < 4.78 is 6.11. The minimum absolute atomic E-state index is 0.0874. The van der Waals surface area contributed by atoms with Crippen LogP contribution in [0.15, 0.2) is 11.4 Å². The van der Waals surface area contributed by atoms with E-state index in [0.717, 1.165) is 39.0 Å². The molecule has 2 aliphatic rings. The Bertz CT molecular complexity index is 450. The number of amides is 1. The maximum Gasteiger partial charge on any atom is 0.231 e. The van der Waals surface area contributed by atoms with Crippen LogP contribution in [0.2, 0.25) is 0 Å². The van der Waals surface area contributed by atoms with Gasteiger partial charge in [-0.15, -0.1) is 11.3 Å². The van der Waals surface area contributed by atoms with Crippen molar-refractivity contribution in [2.75, 3.05) is 26.2 Å². The predicted octanol–water partition coefficient (Wildman–Crippen LogP) is 1.10. The third-order valence-corrected chi connectivity index (χ3v) is 5.10. The second kappa shape index (κ2) is 4.64. The van der Waals surface area contributed by atoms with Crippen molar-refractivity contribution < 1.29 is 9.53 Å². The molecular weight excluding hydrogens is 248 g/mol. The van der Waals surface area contributed by atoms with Crippen molar-refractivity contribution in [1.82, 2.24) is 4.90 Å². The number of thiophene rings is 1. The summed E-state index contributed by atoms with van der Waals surface area (Å²) in [6, 6.07) is 2.22. The van der Waals surface area contributed by atoms with Crippen LogP contribution < -0.4 is 5.73 Å². The van der Waals surface area contributed by atoms with E-state index in [1.54, 1.807) is 0 Å². The van der Waals surface area contributed by atoms with E-state index in [4.69, 9.17) is 10.5 Å². The van der Waals surface area contributed by atoms with E-state index in [2.05, 4.69) is 16.3 Å². The lowest BCUT2D eigenvalue weighted by Gasteiger charge is -2.43. The number of nitrogens with two attached hydrogens (primary N) is 1. The summed E-state index contributed by atoms with van der Waals surface area (Å²) in [5.41, 5.74) is 6.61. The van der Waals surface area contributed by atoms with E-state index < -0.39 is 0 Å². The summed E-state index contributed by atoms with van der Waals surface area (Å²) in [6.07, 6.45) is 2.97. The molecule has 3 heterocycles. The highest BCUT2D eigenvalue weighted by atomic mass is 32.1. The average Bonchev–Trinajstić information content (AvgIpc) is 2.82. The van der Waals surface area contributed by atoms with Crippen molar-refractivity contribution in [3.8, 4) is 0 Å². The van der Waals surface area contributed by atoms with Gasteiger partial charge in [-0.3, -0.25) is 9.69 Å². The number of carbonyl (C=O) groups excluding carboxylic acids is 1. The molecule has 0 unspecified atom stereocenters. The van der Waals surface area contributed by atoms with Crippen LogP contribution in [0.1, 0.15) is 23.3 Å². The Morgan fingerprint density at radius 1 is 1.50 bits per heavy atom.